The molecule has 0 radical (unpaired) electrons. The Morgan fingerprint density at radius 3 is 2.36 bits per heavy atom. The standard InChI is InChI=1S/C21H18O4/c1-24-19(22)21(14-8-11-16-9-4-2-5-10-16)15-18(25-20(21)23)17-12-6-3-7-13-17/h2-13,15H,14H2,1H3/b11-8-. The number of methoxy groups -OCH3 is 1. The van der Waals surface area contributed by atoms with Gasteiger partial charge in [-0.15, -0.1) is 0 Å². The second-order valence-corrected chi connectivity index (χ2v) is 5.74. The van der Waals surface area contributed by atoms with Gasteiger partial charge in [-0.05, 0) is 18.1 Å². The van der Waals surface area contributed by atoms with E-state index < -0.39 is 17.4 Å². The van der Waals surface area contributed by atoms with E-state index in [0.717, 1.165) is 11.1 Å². The van der Waals surface area contributed by atoms with Gasteiger partial charge in [0.1, 0.15) is 5.76 Å². The maximum atomic E-state index is 12.5. The number of hydrogen-bond donors (Lipinski definition) is 0. The van der Waals surface area contributed by atoms with E-state index >= 15 is 0 Å². The van der Waals surface area contributed by atoms with Gasteiger partial charge in [0.15, 0.2) is 5.41 Å². The Hall–Kier alpha value is -3.14. The first-order valence-corrected chi connectivity index (χ1v) is 7.96. The molecule has 25 heavy (non-hydrogen) atoms. The van der Waals surface area contributed by atoms with Gasteiger partial charge in [-0.25, -0.2) is 0 Å². The molecule has 1 atom stereocenters. The van der Waals surface area contributed by atoms with Crippen molar-refractivity contribution in [2.75, 3.05) is 7.11 Å². The van der Waals surface area contributed by atoms with Crippen LogP contribution in [0.4, 0.5) is 0 Å². The van der Waals surface area contributed by atoms with Crippen molar-refractivity contribution in [3.8, 4) is 0 Å². The normalized spacial score (nSPS) is 19.6. The molecular weight excluding hydrogens is 316 g/mol. The van der Waals surface area contributed by atoms with Crippen LogP contribution in [0.5, 0.6) is 0 Å². The quantitative estimate of drug-likeness (QED) is 0.616. The number of hydrogen-bond acceptors (Lipinski definition) is 4. The van der Waals surface area contributed by atoms with Crippen LogP contribution in [0, 0.1) is 5.41 Å². The fourth-order valence-electron chi connectivity index (χ4n) is 2.74. The zero-order valence-corrected chi connectivity index (χ0v) is 13.8. The van der Waals surface area contributed by atoms with Crippen LogP contribution in [0.15, 0.2) is 72.8 Å². The third-order valence-electron chi connectivity index (χ3n) is 4.10. The molecule has 0 aromatic heterocycles. The fraction of sp³-hybridized carbons (Fsp3) is 0.143. The molecule has 1 unspecified atom stereocenters. The van der Waals surface area contributed by atoms with Crippen LogP contribution in [0.3, 0.4) is 0 Å². The van der Waals surface area contributed by atoms with Gasteiger partial charge in [-0.3, -0.25) is 9.59 Å². The number of benzene rings is 2. The predicted molar refractivity (Wildman–Crippen MR) is 95.1 cm³/mol. The molecule has 0 fully saturated rings. The number of esters is 2. The molecular formula is C21H18O4. The lowest BCUT2D eigenvalue weighted by Crippen LogP contribution is -2.36. The average Bonchev–Trinajstić information content (AvgIpc) is 3.00. The van der Waals surface area contributed by atoms with Crippen molar-refractivity contribution in [1.82, 2.24) is 0 Å². The summed E-state index contributed by atoms with van der Waals surface area (Å²) in [7, 11) is 1.27. The van der Waals surface area contributed by atoms with Gasteiger partial charge < -0.3 is 9.47 Å². The molecule has 2 aromatic rings. The minimum Gasteiger partial charge on any atom is -0.468 e. The van der Waals surface area contributed by atoms with Crippen molar-refractivity contribution in [3.05, 3.63) is 83.9 Å². The molecule has 0 aliphatic carbocycles. The summed E-state index contributed by atoms with van der Waals surface area (Å²) in [5.74, 6) is -0.860. The summed E-state index contributed by atoms with van der Waals surface area (Å²) in [6.45, 7) is 0. The second kappa shape index (κ2) is 7.18. The van der Waals surface area contributed by atoms with Crippen LogP contribution in [0.25, 0.3) is 11.8 Å². The lowest BCUT2D eigenvalue weighted by molar-refractivity contribution is -0.160. The smallest absolute Gasteiger partial charge is 0.333 e. The van der Waals surface area contributed by atoms with Crippen molar-refractivity contribution in [1.29, 1.82) is 0 Å². The highest BCUT2D eigenvalue weighted by atomic mass is 16.6. The van der Waals surface area contributed by atoms with Crippen LogP contribution in [-0.4, -0.2) is 19.0 Å². The van der Waals surface area contributed by atoms with Gasteiger partial charge in [-0.1, -0.05) is 72.8 Å². The number of carbonyl (C=O) groups is 2. The number of rotatable bonds is 5. The van der Waals surface area contributed by atoms with Gasteiger partial charge in [0.2, 0.25) is 0 Å². The van der Waals surface area contributed by atoms with E-state index in [4.69, 9.17) is 9.47 Å². The van der Waals surface area contributed by atoms with Crippen molar-refractivity contribution in [2.45, 2.75) is 6.42 Å². The van der Waals surface area contributed by atoms with Gasteiger partial charge in [0.25, 0.3) is 0 Å². The Labute approximate surface area is 146 Å². The monoisotopic (exact) mass is 334 g/mol. The summed E-state index contributed by atoms with van der Waals surface area (Å²) in [6.07, 6.45) is 5.39. The number of carbonyl (C=O) groups excluding carboxylic acids is 2. The molecule has 4 nitrogen and oxygen atoms in total. The van der Waals surface area contributed by atoms with E-state index in [9.17, 15) is 9.59 Å². The molecule has 0 N–H and O–H groups in total. The Kier molecular flexibility index (Phi) is 4.80. The van der Waals surface area contributed by atoms with E-state index in [1.54, 1.807) is 12.2 Å². The highest BCUT2D eigenvalue weighted by Crippen LogP contribution is 2.39. The van der Waals surface area contributed by atoms with Crippen LogP contribution >= 0.6 is 0 Å². The zero-order valence-electron chi connectivity index (χ0n) is 13.8. The molecule has 4 heteroatoms. The third-order valence-corrected chi connectivity index (χ3v) is 4.10. The molecule has 0 amide bonds. The molecule has 1 heterocycles. The summed E-state index contributed by atoms with van der Waals surface area (Å²) in [5, 5.41) is 0. The minimum absolute atomic E-state index is 0.170. The van der Waals surface area contributed by atoms with Gasteiger partial charge in [-0.2, -0.15) is 0 Å². The molecule has 3 rings (SSSR count). The van der Waals surface area contributed by atoms with Crippen LogP contribution in [-0.2, 0) is 19.1 Å². The summed E-state index contributed by atoms with van der Waals surface area (Å²) >= 11 is 0. The SMILES string of the molecule is COC(=O)C1(C/C=C\c2ccccc2)C=C(c2ccccc2)OC1=O. The number of allylic oxidation sites excluding steroid dienone is 1. The molecule has 1 aliphatic heterocycles. The molecule has 0 saturated heterocycles. The lowest BCUT2D eigenvalue weighted by Gasteiger charge is -2.18. The Balaban J connectivity index is 1.91. The molecule has 0 spiro atoms. The first-order chi connectivity index (χ1) is 12.2. The molecule has 0 bridgehead atoms. The van der Waals surface area contributed by atoms with Crippen LogP contribution in [0.2, 0.25) is 0 Å². The molecule has 2 aromatic carbocycles. The second-order valence-electron chi connectivity index (χ2n) is 5.74. The average molecular weight is 334 g/mol. The van der Waals surface area contributed by atoms with E-state index in [0.29, 0.717) is 5.76 Å². The van der Waals surface area contributed by atoms with E-state index in [2.05, 4.69) is 0 Å². The third kappa shape index (κ3) is 3.38. The predicted octanol–water partition coefficient (Wildman–Crippen LogP) is 3.85. The molecule has 0 saturated carbocycles. The molecule has 126 valence electrons. The van der Waals surface area contributed by atoms with Crippen LogP contribution in [0.1, 0.15) is 17.5 Å². The summed E-state index contributed by atoms with van der Waals surface area (Å²) < 4.78 is 10.3. The maximum Gasteiger partial charge on any atom is 0.333 e. The zero-order chi connectivity index (χ0) is 17.7. The summed E-state index contributed by atoms with van der Waals surface area (Å²) in [4.78, 5) is 24.9. The van der Waals surface area contributed by atoms with E-state index in [1.807, 2.05) is 66.7 Å². The van der Waals surface area contributed by atoms with Crippen molar-refractivity contribution in [3.63, 3.8) is 0 Å². The summed E-state index contributed by atoms with van der Waals surface area (Å²) in [5.41, 5.74) is 0.278. The van der Waals surface area contributed by atoms with E-state index in [1.165, 1.54) is 7.11 Å². The van der Waals surface area contributed by atoms with Crippen molar-refractivity contribution >= 4 is 23.8 Å². The Morgan fingerprint density at radius 2 is 1.72 bits per heavy atom. The topological polar surface area (TPSA) is 52.6 Å². The lowest BCUT2D eigenvalue weighted by atomic mass is 9.84. The van der Waals surface area contributed by atoms with E-state index in [-0.39, 0.29) is 6.42 Å². The van der Waals surface area contributed by atoms with Gasteiger partial charge in [0, 0.05) is 5.56 Å². The number of ether oxygens (including phenoxy) is 2. The first-order valence-electron chi connectivity index (χ1n) is 7.96. The van der Waals surface area contributed by atoms with Gasteiger partial charge in [0.05, 0.1) is 7.11 Å². The van der Waals surface area contributed by atoms with Crippen molar-refractivity contribution < 1.29 is 19.1 Å². The molecule has 1 aliphatic rings. The summed E-state index contributed by atoms with van der Waals surface area (Å²) in [6, 6.07) is 18.9. The first kappa shape index (κ1) is 16.7. The number of cyclic esters (lactones) is 1. The largest absolute Gasteiger partial charge is 0.468 e. The fourth-order valence-corrected chi connectivity index (χ4v) is 2.74. The maximum absolute atomic E-state index is 12.5. The Morgan fingerprint density at radius 1 is 1.08 bits per heavy atom. The van der Waals surface area contributed by atoms with Crippen LogP contribution < -0.4 is 0 Å². The highest BCUT2D eigenvalue weighted by Gasteiger charge is 2.51. The van der Waals surface area contributed by atoms with Crippen molar-refractivity contribution in [2.24, 2.45) is 5.41 Å². The highest BCUT2D eigenvalue weighted by molar-refractivity contribution is 6.08. The van der Waals surface area contributed by atoms with Gasteiger partial charge >= 0.3 is 11.9 Å². The minimum atomic E-state index is -1.45. The Bertz CT molecular complexity index is 821.